The summed E-state index contributed by atoms with van der Waals surface area (Å²) in [5, 5.41) is 18.9. The van der Waals surface area contributed by atoms with Gasteiger partial charge in [-0.3, -0.25) is 4.79 Å². The number of carbonyl (C=O) groups is 1. The van der Waals surface area contributed by atoms with Crippen LogP contribution in [-0.2, 0) is 14.9 Å². The number of nitriles is 1. The number of nitrogens with zero attached hydrogens (tertiary/aromatic N) is 1. The lowest BCUT2D eigenvalue weighted by Crippen LogP contribution is -2.34. The Bertz CT molecular complexity index is 510. The highest BCUT2D eigenvalue weighted by molar-refractivity contribution is 5.84. The maximum Gasteiger partial charge on any atom is 0.316 e. The van der Waals surface area contributed by atoms with E-state index in [4.69, 9.17) is 10.00 Å². The molecular formula is C14H15NO3. The summed E-state index contributed by atoms with van der Waals surface area (Å²) < 4.78 is 4.89. The van der Waals surface area contributed by atoms with Crippen LogP contribution in [0.5, 0.6) is 5.75 Å². The Labute approximate surface area is 106 Å². The van der Waals surface area contributed by atoms with Crippen LogP contribution in [-0.4, -0.2) is 18.2 Å². The lowest BCUT2D eigenvalue weighted by Gasteiger charge is -2.27. The van der Waals surface area contributed by atoms with Gasteiger partial charge in [0.1, 0.15) is 5.75 Å². The number of esters is 1. The fourth-order valence-corrected chi connectivity index (χ4v) is 2.75. The van der Waals surface area contributed by atoms with Crippen molar-refractivity contribution in [2.24, 2.45) is 0 Å². The van der Waals surface area contributed by atoms with E-state index in [1.807, 2.05) is 6.07 Å². The first-order valence-electron chi connectivity index (χ1n) is 5.96. The number of carbonyl (C=O) groups excluding carboxylic acids is 1. The summed E-state index contributed by atoms with van der Waals surface area (Å²) in [4.78, 5) is 12.1. The molecule has 2 rings (SSSR count). The van der Waals surface area contributed by atoms with Gasteiger partial charge in [0.2, 0.25) is 0 Å². The summed E-state index contributed by atoms with van der Waals surface area (Å²) in [6, 6.07) is 6.63. The summed E-state index contributed by atoms with van der Waals surface area (Å²) in [5.41, 5.74) is 0.176. The van der Waals surface area contributed by atoms with Crippen LogP contribution in [0.15, 0.2) is 18.2 Å². The number of hydrogen-bond donors (Lipinski definition) is 1. The second kappa shape index (κ2) is 4.69. The molecule has 0 atom stereocenters. The smallest absolute Gasteiger partial charge is 0.316 e. The summed E-state index contributed by atoms with van der Waals surface area (Å²) in [6.45, 7) is 0. The van der Waals surface area contributed by atoms with Crippen LogP contribution in [0.25, 0.3) is 0 Å². The van der Waals surface area contributed by atoms with E-state index in [1.165, 1.54) is 13.2 Å². The average molecular weight is 245 g/mol. The third-order valence-electron chi connectivity index (χ3n) is 3.67. The average Bonchev–Trinajstić information content (AvgIpc) is 2.89. The number of rotatable bonds is 2. The molecule has 0 unspecified atom stereocenters. The molecule has 0 spiro atoms. The van der Waals surface area contributed by atoms with E-state index >= 15 is 0 Å². The summed E-state index contributed by atoms with van der Waals surface area (Å²) in [6.07, 6.45) is 3.15. The molecule has 0 aliphatic heterocycles. The predicted molar refractivity (Wildman–Crippen MR) is 65.0 cm³/mol. The molecule has 0 saturated heterocycles. The highest BCUT2D eigenvalue weighted by atomic mass is 16.5. The van der Waals surface area contributed by atoms with Gasteiger partial charge < -0.3 is 9.84 Å². The Kier molecular flexibility index (Phi) is 3.24. The van der Waals surface area contributed by atoms with Gasteiger partial charge in [-0.1, -0.05) is 12.8 Å². The minimum absolute atomic E-state index is 0.0568. The Morgan fingerprint density at radius 3 is 2.67 bits per heavy atom. The number of phenols is 1. The molecule has 0 amide bonds. The molecule has 0 radical (unpaired) electrons. The number of phenolic OH excluding ortho intramolecular Hbond substituents is 1. The van der Waals surface area contributed by atoms with E-state index in [-0.39, 0.29) is 11.7 Å². The normalized spacial score (nSPS) is 17.1. The highest BCUT2D eigenvalue weighted by Gasteiger charge is 2.45. The first kappa shape index (κ1) is 12.4. The SMILES string of the molecule is COC(=O)C1(c2cc(C#N)ccc2O)CCCC1. The molecule has 0 bridgehead atoms. The van der Waals surface area contributed by atoms with Crippen molar-refractivity contribution in [1.82, 2.24) is 0 Å². The Morgan fingerprint density at radius 2 is 2.11 bits per heavy atom. The van der Waals surface area contributed by atoms with Crippen molar-refractivity contribution in [2.45, 2.75) is 31.1 Å². The van der Waals surface area contributed by atoms with E-state index in [0.717, 1.165) is 12.8 Å². The molecule has 94 valence electrons. The molecule has 1 N–H and O–H groups in total. The Hall–Kier alpha value is -2.02. The van der Waals surface area contributed by atoms with Crippen LogP contribution < -0.4 is 0 Å². The van der Waals surface area contributed by atoms with Crippen LogP contribution in [0, 0.1) is 11.3 Å². The molecule has 1 aliphatic rings. The number of hydrogen-bond acceptors (Lipinski definition) is 4. The van der Waals surface area contributed by atoms with E-state index in [2.05, 4.69) is 0 Å². The second-order valence-corrected chi connectivity index (χ2v) is 4.62. The Balaban J connectivity index is 2.56. The van der Waals surface area contributed by atoms with Crippen LogP contribution in [0.4, 0.5) is 0 Å². The third-order valence-corrected chi connectivity index (χ3v) is 3.67. The topological polar surface area (TPSA) is 70.3 Å². The molecule has 1 fully saturated rings. The number of methoxy groups -OCH3 is 1. The van der Waals surface area contributed by atoms with Gasteiger partial charge in [-0.25, -0.2) is 0 Å². The van der Waals surface area contributed by atoms with Gasteiger partial charge in [0.25, 0.3) is 0 Å². The van der Waals surface area contributed by atoms with Crippen LogP contribution in [0.1, 0.15) is 36.8 Å². The number of ether oxygens (including phenoxy) is 1. The minimum atomic E-state index is -0.786. The van der Waals surface area contributed by atoms with Crippen molar-refractivity contribution in [3.05, 3.63) is 29.3 Å². The predicted octanol–water partition coefficient (Wildman–Crippen LogP) is 2.25. The number of aromatic hydroxyl groups is 1. The van der Waals surface area contributed by atoms with Gasteiger partial charge in [-0.15, -0.1) is 0 Å². The van der Waals surface area contributed by atoms with Crippen molar-refractivity contribution in [1.29, 1.82) is 5.26 Å². The zero-order valence-electron chi connectivity index (χ0n) is 10.3. The highest BCUT2D eigenvalue weighted by Crippen LogP contribution is 2.45. The largest absolute Gasteiger partial charge is 0.508 e. The molecule has 1 saturated carbocycles. The molecule has 1 aromatic rings. The van der Waals surface area contributed by atoms with Gasteiger partial charge in [0.15, 0.2) is 0 Å². The molecular weight excluding hydrogens is 230 g/mol. The van der Waals surface area contributed by atoms with Gasteiger partial charge in [-0.05, 0) is 31.0 Å². The van der Waals surface area contributed by atoms with Crippen molar-refractivity contribution >= 4 is 5.97 Å². The summed E-state index contributed by atoms with van der Waals surface area (Å²) >= 11 is 0. The lowest BCUT2D eigenvalue weighted by atomic mass is 9.78. The first-order valence-corrected chi connectivity index (χ1v) is 5.96. The minimum Gasteiger partial charge on any atom is -0.508 e. The standard InChI is InChI=1S/C14H15NO3/c1-18-13(17)14(6-2-3-7-14)11-8-10(9-15)4-5-12(11)16/h4-5,8,16H,2-3,6-7H2,1H3. The van der Waals surface area contributed by atoms with Gasteiger partial charge in [-0.2, -0.15) is 5.26 Å². The molecule has 1 aliphatic carbocycles. The fourth-order valence-electron chi connectivity index (χ4n) is 2.75. The maximum atomic E-state index is 12.1. The first-order chi connectivity index (χ1) is 8.64. The lowest BCUT2D eigenvalue weighted by molar-refractivity contribution is -0.147. The molecule has 1 aromatic carbocycles. The summed E-state index contributed by atoms with van der Waals surface area (Å²) in [5.74, 6) is -0.272. The Morgan fingerprint density at radius 1 is 1.44 bits per heavy atom. The van der Waals surface area contributed by atoms with E-state index in [0.29, 0.717) is 24.0 Å². The van der Waals surface area contributed by atoms with Crippen molar-refractivity contribution < 1.29 is 14.6 Å². The molecule has 4 nitrogen and oxygen atoms in total. The second-order valence-electron chi connectivity index (χ2n) is 4.62. The van der Waals surface area contributed by atoms with Gasteiger partial charge in [0.05, 0.1) is 24.2 Å². The molecule has 18 heavy (non-hydrogen) atoms. The molecule has 0 heterocycles. The van der Waals surface area contributed by atoms with Crippen LogP contribution >= 0.6 is 0 Å². The molecule has 4 heteroatoms. The zero-order chi connectivity index (χ0) is 13.2. The zero-order valence-corrected chi connectivity index (χ0v) is 10.3. The maximum absolute atomic E-state index is 12.1. The van der Waals surface area contributed by atoms with Crippen molar-refractivity contribution in [3.8, 4) is 11.8 Å². The van der Waals surface area contributed by atoms with Crippen LogP contribution in [0.2, 0.25) is 0 Å². The van der Waals surface area contributed by atoms with Crippen molar-refractivity contribution in [2.75, 3.05) is 7.11 Å². The fraction of sp³-hybridized carbons (Fsp3) is 0.429. The summed E-state index contributed by atoms with van der Waals surface area (Å²) in [7, 11) is 1.35. The van der Waals surface area contributed by atoms with Crippen LogP contribution in [0.3, 0.4) is 0 Å². The monoisotopic (exact) mass is 245 g/mol. The van der Waals surface area contributed by atoms with Gasteiger partial charge in [0, 0.05) is 5.56 Å². The third kappa shape index (κ3) is 1.82. The quantitative estimate of drug-likeness (QED) is 0.811. The van der Waals surface area contributed by atoms with E-state index in [1.54, 1.807) is 12.1 Å². The van der Waals surface area contributed by atoms with Gasteiger partial charge >= 0.3 is 5.97 Å². The number of benzene rings is 1. The van der Waals surface area contributed by atoms with E-state index in [9.17, 15) is 9.90 Å². The molecule has 0 aromatic heterocycles. The van der Waals surface area contributed by atoms with Crippen molar-refractivity contribution in [3.63, 3.8) is 0 Å². The van der Waals surface area contributed by atoms with E-state index < -0.39 is 5.41 Å².